The molecular formula is C17H26N2O5S. The molecule has 2 rings (SSSR count). The van der Waals surface area contributed by atoms with Gasteiger partial charge in [0.05, 0.1) is 11.5 Å². The van der Waals surface area contributed by atoms with Crippen LogP contribution in [-0.2, 0) is 26.0 Å². The summed E-state index contributed by atoms with van der Waals surface area (Å²) in [6, 6.07) is 4.57. The van der Waals surface area contributed by atoms with Crippen molar-refractivity contribution in [1.29, 1.82) is 0 Å². The van der Waals surface area contributed by atoms with Crippen LogP contribution in [0.15, 0.2) is 23.1 Å². The first-order valence-corrected chi connectivity index (χ1v) is 9.97. The number of sulfonamides is 1. The van der Waals surface area contributed by atoms with Gasteiger partial charge in [-0.05, 0) is 43.5 Å². The summed E-state index contributed by atoms with van der Waals surface area (Å²) < 4.78 is 38.1. The lowest BCUT2D eigenvalue weighted by atomic mass is 9.95. The minimum absolute atomic E-state index is 0.133. The lowest BCUT2D eigenvalue weighted by Crippen LogP contribution is -2.49. The minimum Gasteiger partial charge on any atom is -0.478 e. The Morgan fingerprint density at radius 2 is 2.04 bits per heavy atom. The highest BCUT2D eigenvalue weighted by atomic mass is 32.2. The quantitative estimate of drug-likeness (QED) is 0.669. The van der Waals surface area contributed by atoms with E-state index in [4.69, 9.17) is 15.2 Å². The lowest BCUT2D eigenvalue weighted by molar-refractivity contribution is -0.150. The number of rotatable bonds is 8. The van der Waals surface area contributed by atoms with Crippen molar-refractivity contribution in [1.82, 2.24) is 4.72 Å². The summed E-state index contributed by atoms with van der Waals surface area (Å²) in [5, 5.41) is 0. The zero-order chi connectivity index (χ0) is 18.7. The Hall–Kier alpha value is -1.64. The normalized spacial score (nSPS) is 17.0. The van der Waals surface area contributed by atoms with Crippen LogP contribution >= 0.6 is 0 Å². The van der Waals surface area contributed by atoms with E-state index in [0.29, 0.717) is 30.6 Å². The fourth-order valence-corrected chi connectivity index (χ4v) is 3.77. The predicted molar refractivity (Wildman–Crippen MR) is 93.9 cm³/mol. The first-order valence-electron chi connectivity index (χ1n) is 8.49. The molecule has 1 heterocycles. The summed E-state index contributed by atoms with van der Waals surface area (Å²) in [5.41, 5.74) is 6.26. The Morgan fingerprint density at radius 3 is 2.64 bits per heavy atom. The fraction of sp³-hybridized carbons (Fsp3) is 0.588. The highest BCUT2D eigenvalue weighted by Crippen LogP contribution is 2.31. The van der Waals surface area contributed by atoms with Crippen LogP contribution in [0, 0.1) is 0 Å². The molecule has 1 aliphatic rings. The van der Waals surface area contributed by atoms with E-state index in [1.54, 1.807) is 13.0 Å². The highest BCUT2D eigenvalue weighted by Gasteiger charge is 2.32. The Balaban J connectivity index is 2.13. The molecule has 0 radical (unpaired) electrons. The van der Waals surface area contributed by atoms with Crippen LogP contribution in [0.25, 0.3) is 0 Å². The molecule has 0 fully saturated rings. The van der Waals surface area contributed by atoms with Crippen LogP contribution in [0.5, 0.6) is 5.75 Å². The molecular weight excluding hydrogens is 344 g/mol. The summed E-state index contributed by atoms with van der Waals surface area (Å²) in [4.78, 5) is 11.9. The Labute approximate surface area is 148 Å². The number of fused-ring (bicyclic) bond motifs is 1. The van der Waals surface area contributed by atoms with E-state index in [1.165, 1.54) is 12.1 Å². The van der Waals surface area contributed by atoms with Gasteiger partial charge in [-0.3, -0.25) is 0 Å². The molecule has 0 aliphatic carbocycles. The van der Waals surface area contributed by atoms with Gasteiger partial charge in [0.2, 0.25) is 10.0 Å². The van der Waals surface area contributed by atoms with Crippen LogP contribution in [0.4, 0.5) is 0 Å². The second-order valence-electron chi connectivity index (χ2n) is 6.23. The Morgan fingerprint density at radius 1 is 1.36 bits per heavy atom. The van der Waals surface area contributed by atoms with Gasteiger partial charge in [-0.25, -0.2) is 17.9 Å². The van der Waals surface area contributed by atoms with E-state index >= 15 is 0 Å². The standard InChI is InChI=1S/C17H26N2O5S/c1-4-17(18,5-2)11-19-25(21,22)13-7-8-14-12(9-13)10-15(24-14)16(20)23-6-3/h7-9,15,19H,4-6,10-11,18H2,1-3H3. The van der Waals surface area contributed by atoms with E-state index in [9.17, 15) is 13.2 Å². The van der Waals surface area contributed by atoms with Crippen molar-refractivity contribution in [3.8, 4) is 5.75 Å². The Bertz CT molecular complexity index is 729. The molecule has 1 aromatic carbocycles. The van der Waals surface area contributed by atoms with Gasteiger partial charge < -0.3 is 15.2 Å². The van der Waals surface area contributed by atoms with Gasteiger partial charge >= 0.3 is 5.97 Å². The van der Waals surface area contributed by atoms with Gasteiger partial charge in [0.25, 0.3) is 0 Å². The fourth-order valence-electron chi connectivity index (χ4n) is 2.58. The van der Waals surface area contributed by atoms with Gasteiger partial charge in [0.1, 0.15) is 5.75 Å². The number of benzene rings is 1. The number of hydrogen-bond donors (Lipinski definition) is 2. The number of carbonyl (C=O) groups excluding carboxylic acids is 1. The molecule has 0 saturated heterocycles. The van der Waals surface area contributed by atoms with Crippen LogP contribution in [0.2, 0.25) is 0 Å². The lowest BCUT2D eigenvalue weighted by Gasteiger charge is -2.26. The first kappa shape index (κ1) is 19.7. The molecule has 0 saturated carbocycles. The molecule has 0 aromatic heterocycles. The summed E-state index contributed by atoms with van der Waals surface area (Å²) in [6.07, 6.45) is 0.913. The largest absolute Gasteiger partial charge is 0.478 e. The number of nitrogens with two attached hydrogens (primary N) is 1. The number of esters is 1. The van der Waals surface area contributed by atoms with Gasteiger partial charge in [0, 0.05) is 18.5 Å². The third-order valence-corrected chi connectivity index (χ3v) is 5.99. The topological polar surface area (TPSA) is 108 Å². The van der Waals surface area contributed by atoms with Crippen molar-refractivity contribution >= 4 is 16.0 Å². The van der Waals surface area contributed by atoms with Gasteiger partial charge in [-0.15, -0.1) is 0 Å². The third-order valence-electron chi connectivity index (χ3n) is 4.59. The van der Waals surface area contributed by atoms with Crippen LogP contribution < -0.4 is 15.2 Å². The summed E-state index contributed by atoms with van der Waals surface area (Å²) in [5.74, 6) is 0.0623. The van der Waals surface area contributed by atoms with E-state index in [1.807, 2.05) is 13.8 Å². The molecule has 1 atom stereocenters. The smallest absolute Gasteiger partial charge is 0.347 e. The molecule has 8 heteroatoms. The van der Waals surface area contributed by atoms with E-state index in [2.05, 4.69) is 4.72 Å². The maximum Gasteiger partial charge on any atom is 0.347 e. The third kappa shape index (κ3) is 4.50. The summed E-state index contributed by atoms with van der Waals surface area (Å²) in [7, 11) is -3.68. The maximum atomic E-state index is 12.5. The minimum atomic E-state index is -3.68. The van der Waals surface area contributed by atoms with Gasteiger partial charge in [0.15, 0.2) is 6.10 Å². The molecule has 0 spiro atoms. The number of carbonyl (C=O) groups is 1. The highest BCUT2D eigenvalue weighted by molar-refractivity contribution is 7.89. The van der Waals surface area contributed by atoms with Crippen molar-refractivity contribution in [2.75, 3.05) is 13.2 Å². The van der Waals surface area contributed by atoms with E-state index in [-0.39, 0.29) is 18.0 Å². The molecule has 0 bridgehead atoms. The van der Waals surface area contributed by atoms with Crippen LogP contribution in [-0.4, -0.2) is 39.2 Å². The molecule has 0 amide bonds. The average Bonchev–Trinajstić information content (AvgIpc) is 3.03. The zero-order valence-corrected chi connectivity index (χ0v) is 15.7. The second-order valence-corrected chi connectivity index (χ2v) is 7.99. The van der Waals surface area contributed by atoms with Crippen molar-refractivity contribution < 1.29 is 22.7 Å². The van der Waals surface area contributed by atoms with Crippen LogP contribution in [0.1, 0.15) is 39.2 Å². The Kier molecular flexibility index (Phi) is 6.08. The second kappa shape index (κ2) is 7.72. The number of ether oxygens (including phenoxy) is 2. The average molecular weight is 370 g/mol. The van der Waals surface area contributed by atoms with Crippen molar-refractivity contribution in [2.45, 2.75) is 56.6 Å². The molecule has 140 valence electrons. The molecule has 1 aliphatic heterocycles. The maximum absolute atomic E-state index is 12.5. The predicted octanol–water partition coefficient (Wildman–Crippen LogP) is 1.35. The molecule has 1 unspecified atom stereocenters. The van der Waals surface area contributed by atoms with E-state index in [0.717, 1.165) is 0 Å². The van der Waals surface area contributed by atoms with Gasteiger partial charge in [-0.1, -0.05) is 13.8 Å². The summed E-state index contributed by atoms with van der Waals surface area (Å²) >= 11 is 0. The molecule has 25 heavy (non-hydrogen) atoms. The number of hydrogen-bond acceptors (Lipinski definition) is 6. The molecule has 3 N–H and O–H groups in total. The van der Waals surface area contributed by atoms with Crippen molar-refractivity contribution in [3.63, 3.8) is 0 Å². The van der Waals surface area contributed by atoms with Crippen LogP contribution in [0.3, 0.4) is 0 Å². The molecule has 7 nitrogen and oxygen atoms in total. The van der Waals surface area contributed by atoms with Crippen molar-refractivity contribution in [3.05, 3.63) is 23.8 Å². The molecule has 1 aromatic rings. The first-order chi connectivity index (χ1) is 11.7. The SMILES string of the molecule is CCOC(=O)C1Cc2cc(S(=O)(=O)NCC(N)(CC)CC)ccc2O1. The zero-order valence-electron chi connectivity index (χ0n) is 14.9. The van der Waals surface area contributed by atoms with E-state index < -0.39 is 27.6 Å². The number of nitrogens with one attached hydrogen (secondary N) is 1. The van der Waals surface area contributed by atoms with Crippen molar-refractivity contribution in [2.24, 2.45) is 5.73 Å². The summed E-state index contributed by atoms with van der Waals surface area (Å²) in [6.45, 7) is 6.02. The monoisotopic (exact) mass is 370 g/mol. The van der Waals surface area contributed by atoms with Gasteiger partial charge in [-0.2, -0.15) is 0 Å².